The average Bonchev–Trinajstić information content (AvgIpc) is 2.18. The predicted octanol–water partition coefficient (Wildman–Crippen LogP) is -1.18. The van der Waals surface area contributed by atoms with E-state index in [0.717, 1.165) is 0 Å². The number of aliphatic hydroxyl groups is 1. The van der Waals surface area contributed by atoms with Gasteiger partial charge in [0, 0.05) is 19.6 Å². The molecule has 2 N–H and O–H groups in total. The number of carbonyl (C=O) groups is 1. The van der Waals surface area contributed by atoms with Crippen molar-refractivity contribution >= 4 is 5.91 Å². The minimum Gasteiger partial charge on any atom is -0.392 e. The van der Waals surface area contributed by atoms with Gasteiger partial charge in [0.1, 0.15) is 0 Å². The lowest BCUT2D eigenvalue weighted by Gasteiger charge is -2.27. The second-order valence-corrected chi connectivity index (χ2v) is 3.47. The molecule has 14 heavy (non-hydrogen) atoms. The zero-order chi connectivity index (χ0) is 10.4. The Labute approximate surface area is 84.0 Å². The summed E-state index contributed by atoms with van der Waals surface area (Å²) in [7, 11) is 0. The van der Waals surface area contributed by atoms with Gasteiger partial charge in [-0.3, -0.25) is 4.79 Å². The van der Waals surface area contributed by atoms with E-state index in [0.29, 0.717) is 39.4 Å². The van der Waals surface area contributed by atoms with Gasteiger partial charge in [-0.05, 0) is 6.92 Å². The van der Waals surface area contributed by atoms with Crippen LogP contribution in [0.1, 0.15) is 6.92 Å². The standard InChI is InChI=1S/C9H18N2O3/c1-8(12)6-10-7-9(13)11-2-4-14-5-3-11/h8,10,12H,2-7H2,1H3. The number of carbonyl (C=O) groups excluding carboxylic acids is 1. The highest BCUT2D eigenvalue weighted by molar-refractivity contribution is 5.78. The van der Waals surface area contributed by atoms with Gasteiger partial charge in [0.05, 0.1) is 25.9 Å². The molecule has 0 spiro atoms. The van der Waals surface area contributed by atoms with Crippen molar-refractivity contribution in [3.8, 4) is 0 Å². The van der Waals surface area contributed by atoms with Crippen molar-refractivity contribution in [3.63, 3.8) is 0 Å². The van der Waals surface area contributed by atoms with E-state index < -0.39 is 6.10 Å². The van der Waals surface area contributed by atoms with Crippen molar-refractivity contribution < 1.29 is 14.6 Å². The van der Waals surface area contributed by atoms with Crippen molar-refractivity contribution in [2.45, 2.75) is 13.0 Å². The highest BCUT2D eigenvalue weighted by Gasteiger charge is 2.15. The summed E-state index contributed by atoms with van der Waals surface area (Å²) in [5.74, 6) is 0.0777. The zero-order valence-electron chi connectivity index (χ0n) is 8.53. The Balaban J connectivity index is 2.13. The number of ether oxygens (including phenoxy) is 1. The molecule has 1 heterocycles. The van der Waals surface area contributed by atoms with Crippen molar-refractivity contribution in [1.29, 1.82) is 0 Å². The minimum absolute atomic E-state index is 0.0777. The molecule has 0 bridgehead atoms. The van der Waals surface area contributed by atoms with Crippen LogP contribution in [0.15, 0.2) is 0 Å². The number of hydrogen-bond acceptors (Lipinski definition) is 4. The molecule has 1 unspecified atom stereocenters. The van der Waals surface area contributed by atoms with Gasteiger partial charge in [-0.15, -0.1) is 0 Å². The Morgan fingerprint density at radius 1 is 1.57 bits per heavy atom. The van der Waals surface area contributed by atoms with Gasteiger partial charge in [-0.25, -0.2) is 0 Å². The fourth-order valence-electron chi connectivity index (χ4n) is 1.31. The smallest absolute Gasteiger partial charge is 0.236 e. The summed E-state index contributed by atoms with van der Waals surface area (Å²) in [4.78, 5) is 13.3. The first kappa shape index (κ1) is 11.4. The van der Waals surface area contributed by atoms with Crippen LogP contribution >= 0.6 is 0 Å². The number of morpholine rings is 1. The lowest BCUT2D eigenvalue weighted by atomic mass is 10.3. The van der Waals surface area contributed by atoms with Crippen molar-refractivity contribution in [2.24, 2.45) is 0 Å². The molecule has 0 aliphatic carbocycles. The van der Waals surface area contributed by atoms with Crippen LogP contribution in [0.5, 0.6) is 0 Å². The number of rotatable bonds is 4. The minimum atomic E-state index is -0.410. The van der Waals surface area contributed by atoms with E-state index in [1.54, 1.807) is 11.8 Å². The molecule has 5 heteroatoms. The molecule has 0 aromatic carbocycles. The van der Waals surface area contributed by atoms with Crippen molar-refractivity contribution in [2.75, 3.05) is 39.4 Å². The summed E-state index contributed by atoms with van der Waals surface area (Å²) in [5.41, 5.74) is 0. The van der Waals surface area contributed by atoms with Gasteiger partial charge in [-0.2, -0.15) is 0 Å². The highest BCUT2D eigenvalue weighted by atomic mass is 16.5. The van der Waals surface area contributed by atoms with Crippen LogP contribution in [0.2, 0.25) is 0 Å². The van der Waals surface area contributed by atoms with Crippen LogP contribution in [-0.4, -0.2) is 61.4 Å². The molecule has 1 atom stereocenters. The first-order valence-electron chi connectivity index (χ1n) is 4.94. The molecule has 1 fully saturated rings. The van der Waals surface area contributed by atoms with E-state index in [1.807, 2.05) is 0 Å². The van der Waals surface area contributed by atoms with Crippen LogP contribution in [0.25, 0.3) is 0 Å². The van der Waals surface area contributed by atoms with Gasteiger partial charge >= 0.3 is 0 Å². The molecule has 1 aliphatic heterocycles. The van der Waals surface area contributed by atoms with E-state index in [2.05, 4.69) is 5.32 Å². The quantitative estimate of drug-likeness (QED) is 0.602. The van der Waals surface area contributed by atoms with Crippen LogP contribution in [0.4, 0.5) is 0 Å². The Morgan fingerprint density at radius 2 is 2.21 bits per heavy atom. The van der Waals surface area contributed by atoms with Gasteiger partial charge in [0.15, 0.2) is 0 Å². The third kappa shape index (κ3) is 4.04. The number of nitrogens with one attached hydrogen (secondary N) is 1. The van der Waals surface area contributed by atoms with Crippen molar-refractivity contribution in [3.05, 3.63) is 0 Å². The lowest BCUT2D eigenvalue weighted by molar-refractivity contribution is -0.134. The summed E-state index contributed by atoms with van der Waals surface area (Å²) >= 11 is 0. The monoisotopic (exact) mass is 202 g/mol. The Bertz CT molecular complexity index is 179. The van der Waals surface area contributed by atoms with Crippen LogP contribution in [0.3, 0.4) is 0 Å². The molecule has 0 saturated carbocycles. The first-order chi connectivity index (χ1) is 6.70. The molecule has 1 saturated heterocycles. The molecule has 1 amide bonds. The van der Waals surface area contributed by atoms with Gasteiger partial charge in [0.2, 0.25) is 5.91 Å². The van der Waals surface area contributed by atoms with E-state index in [-0.39, 0.29) is 5.91 Å². The molecule has 1 aliphatic rings. The molecule has 0 aromatic rings. The van der Waals surface area contributed by atoms with E-state index in [9.17, 15) is 4.79 Å². The van der Waals surface area contributed by atoms with Crippen LogP contribution in [0, 0.1) is 0 Å². The average molecular weight is 202 g/mol. The lowest BCUT2D eigenvalue weighted by Crippen LogP contribution is -2.45. The predicted molar refractivity (Wildman–Crippen MR) is 51.9 cm³/mol. The SMILES string of the molecule is CC(O)CNCC(=O)N1CCOCC1. The summed E-state index contributed by atoms with van der Waals surface area (Å²) in [6.45, 7) is 5.04. The molecule has 0 radical (unpaired) electrons. The maximum absolute atomic E-state index is 11.5. The third-order valence-corrected chi connectivity index (χ3v) is 2.08. The largest absolute Gasteiger partial charge is 0.392 e. The van der Waals surface area contributed by atoms with Crippen molar-refractivity contribution in [1.82, 2.24) is 10.2 Å². The molecular formula is C9H18N2O3. The van der Waals surface area contributed by atoms with Gasteiger partial charge < -0.3 is 20.1 Å². The van der Waals surface area contributed by atoms with E-state index in [1.165, 1.54) is 0 Å². The number of hydrogen-bond donors (Lipinski definition) is 2. The molecule has 0 aromatic heterocycles. The van der Waals surface area contributed by atoms with Gasteiger partial charge in [0.25, 0.3) is 0 Å². The molecule has 82 valence electrons. The molecule has 5 nitrogen and oxygen atoms in total. The second kappa shape index (κ2) is 5.95. The van der Waals surface area contributed by atoms with Crippen LogP contribution in [-0.2, 0) is 9.53 Å². The summed E-state index contributed by atoms with van der Waals surface area (Å²) < 4.78 is 5.14. The summed E-state index contributed by atoms with van der Waals surface area (Å²) in [5, 5.41) is 11.9. The highest BCUT2D eigenvalue weighted by Crippen LogP contribution is 1.96. The maximum Gasteiger partial charge on any atom is 0.236 e. The van der Waals surface area contributed by atoms with Crippen LogP contribution < -0.4 is 5.32 Å². The maximum atomic E-state index is 11.5. The Hall–Kier alpha value is -0.650. The van der Waals surface area contributed by atoms with E-state index in [4.69, 9.17) is 9.84 Å². The number of aliphatic hydroxyl groups excluding tert-OH is 1. The fraction of sp³-hybridized carbons (Fsp3) is 0.889. The normalized spacial score (nSPS) is 19.4. The Morgan fingerprint density at radius 3 is 2.79 bits per heavy atom. The summed E-state index contributed by atoms with van der Waals surface area (Å²) in [6.07, 6.45) is -0.410. The molecular weight excluding hydrogens is 184 g/mol. The first-order valence-corrected chi connectivity index (χ1v) is 4.94. The molecule has 1 rings (SSSR count). The summed E-state index contributed by atoms with van der Waals surface area (Å²) in [6, 6.07) is 0. The van der Waals surface area contributed by atoms with Gasteiger partial charge in [-0.1, -0.05) is 0 Å². The van der Waals surface area contributed by atoms with E-state index >= 15 is 0 Å². The Kier molecular flexibility index (Phi) is 4.86. The second-order valence-electron chi connectivity index (χ2n) is 3.47. The fourth-order valence-corrected chi connectivity index (χ4v) is 1.31. The number of nitrogens with zero attached hydrogens (tertiary/aromatic N) is 1. The number of amides is 1. The third-order valence-electron chi connectivity index (χ3n) is 2.08. The topological polar surface area (TPSA) is 61.8 Å². The zero-order valence-corrected chi connectivity index (χ0v) is 8.53.